The van der Waals surface area contributed by atoms with Crippen LogP contribution in [0.4, 0.5) is 5.69 Å². The van der Waals surface area contributed by atoms with Gasteiger partial charge in [-0.3, -0.25) is 0 Å². The lowest BCUT2D eigenvalue weighted by molar-refractivity contribution is 1.04. The van der Waals surface area contributed by atoms with Crippen LogP contribution in [0.1, 0.15) is 10.4 Å². The largest absolute Gasteiger partial charge is 0.384 e. The van der Waals surface area contributed by atoms with Crippen LogP contribution in [0.2, 0.25) is 4.34 Å². The van der Waals surface area contributed by atoms with Crippen molar-refractivity contribution in [2.24, 2.45) is 0 Å². The molecule has 2 nitrogen and oxygen atoms in total. The van der Waals surface area contributed by atoms with Crippen molar-refractivity contribution in [1.29, 1.82) is 5.26 Å². The third-order valence-electron chi connectivity index (χ3n) is 2.67. The highest BCUT2D eigenvalue weighted by Gasteiger charge is 2.06. The molecule has 0 bridgehead atoms. The van der Waals surface area contributed by atoms with Crippen LogP contribution < -0.4 is 5.32 Å². The van der Waals surface area contributed by atoms with Crippen LogP contribution in [0.3, 0.4) is 0 Å². The second kappa shape index (κ2) is 6.85. The fourth-order valence-corrected chi connectivity index (χ4v) is 3.43. The van der Waals surface area contributed by atoms with E-state index in [9.17, 15) is 5.26 Å². The van der Waals surface area contributed by atoms with E-state index < -0.39 is 0 Å². The summed E-state index contributed by atoms with van der Waals surface area (Å²) in [6.45, 7) is 0.795. The number of thiophene rings is 1. The van der Waals surface area contributed by atoms with Gasteiger partial charge in [-0.25, -0.2) is 0 Å². The normalized spacial score (nSPS) is 10.2. The molecule has 19 heavy (non-hydrogen) atoms. The molecule has 1 heterocycles. The van der Waals surface area contributed by atoms with E-state index in [-0.39, 0.29) is 0 Å². The van der Waals surface area contributed by atoms with Gasteiger partial charge in [0.1, 0.15) is 6.07 Å². The zero-order chi connectivity index (χ0) is 13.7. The van der Waals surface area contributed by atoms with Crippen molar-refractivity contribution in [3.05, 3.63) is 45.1 Å². The number of benzene rings is 1. The van der Waals surface area contributed by atoms with Gasteiger partial charge in [0.05, 0.1) is 15.6 Å². The van der Waals surface area contributed by atoms with Gasteiger partial charge in [0.15, 0.2) is 0 Å². The summed E-state index contributed by atoms with van der Waals surface area (Å²) in [5, 5.41) is 12.6. The van der Waals surface area contributed by atoms with Crippen molar-refractivity contribution >= 4 is 40.4 Å². The summed E-state index contributed by atoms with van der Waals surface area (Å²) >= 11 is 9.08. The molecule has 0 saturated heterocycles. The fourth-order valence-electron chi connectivity index (χ4n) is 1.77. The summed E-state index contributed by atoms with van der Waals surface area (Å²) in [6.07, 6.45) is 2.89. The minimum absolute atomic E-state index is 0.721. The van der Waals surface area contributed by atoms with Crippen molar-refractivity contribution in [2.45, 2.75) is 11.3 Å². The summed E-state index contributed by atoms with van der Waals surface area (Å²) in [5.41, 5.74) is 1.62. The zero-order valence-corrected chi connectivity index (χ0v) is 12.8. The van der Waals surface area contributed by atoms with Crippen LogP contribution in [0.25, 0.3) is 0 Å². The van der Waals surface area contributed by atoms with Crippen LogP contribution in [-0.4, -0.2) is 12.8 Å². The van der Waals surface area contributed by atoms with E-state index in [1.54, 1.807) is 23.1 Å². The van der Waals surface area contributed by atoms with E-state index in [0.717, 1.165) is 33.4 Å². The Hall–Kier alpha value is -1.15. The van der Waals surface area contributed by atoms with Gasteiger partial charge in [0.2, 0.25) is 0 Å². The molecule has 0 atom stereocenters. The quantitative estimate of drug-likeness (QED) is 0.817. The Kier molecular flexibility index (Phi) is 5.15. The summed E-state index contributed by atoms with van der Waals surface area (Å²) in [5.74, 6) is 0. The summed E-state index contributed by atoms with van der Waals surface area (Å²) in [7, 11) is 0. The molecule has 0 saturated carbocycles. The van der Waals surface area contributed by atoms with Crippen LogP contribution in [-0.2, 0) is 6.42 Å². The number of nitrogens with zero attached hydrogens (tertiary/aromatic N) is 1. The van der Waals surface area contributed by atoms with E-state index in [1.165, 1.54) is 4.88 Å². The lowest BCUT2D eigenvalue weighted by Crippen LogP contribution is -2.05. The predicted octanol–water partition coefficient (Wildman–Crippen LogP) is 4.65. The minimum Gasteiger partial charge on any atom is -0.384 e. The molecule has 0 fully saturated rings. The summed E-state index contributed by atoms with van der Waals surface area (Å²) in [4.78, 5) is 2.25. The standard InChI is InChI=1S/C14H13ClN2S2/c1-18-13-4-2-3-12(11(13)9-16)17-8-7-10-5-6-14(15)19-10/h2-6,17H,7-8H2,1H3. The molecule has 0 unspecified atom stereocenters. The third kappa shape index (κ3) is 3.66. The Morgan fingerprint density at radius 2 is 2.21 bits per heavy atom. The molecule has 0 spiro atoms. The molecule has 2 aromatic rings. The predicted molar refractivity (Wildman–Crippen MR) is 84.5 cm³/mol. The van der Waals surface area contributed by atoms with Crippen molar-refractivity contribution < 1.29 is 0 Å². The van der Waals surface area contributed by atoms with Crippen molar-refractivity contribution in [1.82, 2.24) is 0 Å². The molecule has 1 aromatic carbocycles. The molecule has 0 radical (unpaired) electrons. The highest BCUT2D eigenvalue weighted by atomic mass is 35.5. The topological polar surface area (TPSA) is 35.8 Å². The van der Waals surface area contributed by atoms with Crippen LogP contribution in [0, 0.1) is 11.3 Å². The van der Waals surface area contributed by atoms with E-state index in [0.29, 0.717) is 0 Å². The number of halogens is 1. The summed E-state index contributed by atoms with van der Waals surface area (Å²) in [6, 6.07) is 12.1. The van der Waals surface area contributed by atoms with E-state index >= 15 is 0 Å². The Labute approximate surface area is 126 Å². The minimum atomic E-state index is 0.721. The summed E-state index contributed by atoms with van der Waals surface area (Å²) < 4.78 is 0.817. The number of anilines is 1. The van der Waals surface area contributed by atoms with Crippen molar-refractivity contribution in [2.75, 3.05) is 18.1 Å². The van der Waals surface area contributed by atoms with Crippen molar-refractivity contribution in [3.8, 4) is 6.07 Å². The van der Waals surface area contributed by atoms with Gasteiger partial charge in [-0.05, 0) is 36.9 Å². The fraction of sp³-hybridized carbons (Fsp3) is 0.214. The second-order valence-corrected chi connectivity index (χ2v) is 6.52. The van der Waals surface area contributed by atoms with E-state index in [1.807, 2.05) is 36.6 Å². The third-order valence-corrected chi connectivity index (χ3v) is 4.74. The Morgan fingerprint density at radius 1 is 1.37 bits per heavy atom. The number of rotatable bonds is 5. The molecule has 1 N–H and O–H groups in total. The van der Waals surface area contributed by atoms with Crippen LogP contribution >= 0.6 is 34.7 Å². The van der Waals surface area contributed by atoms with Gasteiger partial charge in [0.25, 0.3) is 0 Å². The lowest BCUT2D eigenvalue weighted by Gasteiger charge is -2.09. The van der Waals surface area contributed by atoms with Gasteiger partial charge in [-0.15, -0.1) is 23.1 Å². The first kappa shape index (κ1) is 14.3. The second-order valence-electron chi connectivity index (χ2n) is 3.88. The SMILES string of the molecule is CSc1cccc(NCCc2ccc(Cl)s2)c1C#N. The Morgan fingerprint density at radius 3 is 2.84 bits per heavy atom. The Balaban J connectivity index is 2.02. The van der Waals surface area contributed by atoms with Gasteiger partial charge < -0.3 is 5.32 Å². The molecular formula is C14H13ClN2S2. The van der Waals surface area contributed by atoms with Crippen LogP contribution in [0.5, 0.6) is 0 Å². The first-order valence-electron chi connectivity index (χ1n) is 5.80. The zero-order valence-electron chi connectivity index (χ0n) is 10.4. The highest BCUT2D eigenvalue weighted by molar-refractivity contribution is 7.98. The molecule has 0 aliphatic heterocycles. The molecule has 2 rings (SSSR count). The monoisotopic (exact) mass is 308 g/mol. The maximum Gasteiger partial charge on any atom is 0.102 e. The highest BCUT2D eigenvalue weighted by Crippen LogP contribution is 2.26. The number of hydrogen-bond donors (Lipinski definition) is 1. The molecule has 0 aliphatic rings. The first-order chi connectivity index (χ1) is 9.24. The van der Waals surface area contributed by atoms with Gasteiger partial charge >= 0.3 is 0 Å². The molecule has 0 aliphatic carbocycles. The van der Waals surface area contributed by atoms with Crippen molar-refractivity contribution in [3.63, 3.8) is 0 Å². The molecule has 98 valence electrons. The first-order valence-corrected chi connectivity index (χ1v) is 8.21. The average molecular weight is 309 g/mol. The lowest BCUT2D eigenvalue weighted by atomic mass is 10.2. The molecular weight excluding hydrogens is 296 g/mol. The molecule has 0 amide bonds. The van der Waals surface area contributed by atoms with Gasteiger partial charge in [0, 0.05) is 16.3 Å². The smallest absolute Gasteiger partial charge is 0.102 e. The van der Waals surface area contributed by atoms with E-state index in [4.69, 9.17) is 11.6 Å². The van der Waals surface area contributed by atoms with Gasteiger partial charge in [-0.2, -0.15) is 5.26 Å². The van der Waals surface area contributed by atoms with Crippen LogP contribution in [0.15, 0.2) is 35.2 Å². The number of thioether (sulfide) groups is 1. The van der Waals surface area contributed by atoms with E-state index in [2.05, 4.69) is 11.4 Å². The Bertz CT molecular complexity index is 602. The number of nitrogens with one attached hydrogen (secondary N) is 1. The maximum absolute atomic E-state index is 9.23. The maximum atomic E-state index is 9.23. The average Bonchev–Trinajstić information content (AvgIpc) is 2.84. The number of hydrogen-bond acceptors (Lipinski definition) is 4. The van der Waals surface area contributed by atoms with Gasteiger partial charge in [-0.1, -0.05) is 17.7 Å². The molecule has 1 aromatic heterocycles. The number of nitriles is 1. The molecule has 5 heteroatoms.